The molecule has 0 fully saturated rings. The van der Waals surface area contributed by atoms with Gasteiger partial charge in [0, 0.05) is 4.47 Å². The largest absolute Gasteiger partial charge is 0.462 e. The van der Waals surface area contributed by atoms with E-state index in [2.05, 4.69) is 20.7 Å². The van der Waals surface area contributed by atoms with Crippen molar-refractivity contribution in [2.45, 2.75) is 13.1 Å². The van der Waals surface area contributed by atoms with Crippen LogP contribution in [0.1, 0.15) is 22.8 Å². The molecule has 0 saturated heterocycles. The van der Waals surface area contributed by atoms with E-state index in [4.69, 9.17) is 0 Å². The van der Waals surface area contributed by atoms with Crippen molar-refractivity contribution < 1.29 is 22.7 Å². The zero-order valence-corrected chi connectivity index (χ0v) is 9.85. The van der Waals surface area contributed by atoms with Gasteiger partial charge in [0.15, 0.2) is 0 Å². The van der Waals surface area contributed by atoms with Crippen LogP contribution in [0.4, 0.5) is 13.2 Å². The predicted octanol–water partition coefficient (Wildman–Crippen LogP) is 3.64. The van der Waals surface area contributed by atoms with Crippen LogP contribution < -0.4 is 0 Å². The lowest BCUT2D eigenvalue weighted by Gasteiger charge is -2.12. The number of benzene rings is 1. The van der Waals surface area contributed by atoms with Gasteiger partial charge in [-0.1, -0.05) is 15.9 Å². The van der Waals surface area contributed by atoms with Crippen LogP contribution in [0.25, 0.3) is 0 Å². The SMILES string of the molecule is CCOC(=O)c1ccc(Br)cc1C(F)(F)F. The fraction of sp³-hybridized carbons (Fsp3) is 0.300. The topological polar surface area (TPSA) is 26.3 Å². The van der Waals surface area contributed by atoms with Gasteiger partial charge in [0.05, 0.1) is 17.7 Å². The van der Waals surface area contributed by atoms with Gasteiger partial charge in [-0.25, -0.2) is 4.79 Å². The van der Waals surface area contributed by atoms with Crippen LogP contribution in [-0.4, -0.2) is 12.6 Å². The molecule has 0 aromatic heterocycles. The molecule has 0 bridgehead atoms. The van der Waals surface area contributed by atoms with E-state index in [1.165, 1.54) is 13.0 Å². The minimum absolute atomic E-state index is 0.0339. The molecule has 0 spiro atoms. The van der Waals surface area contributed by atoms with E-state index in [1.807, 2.05) is 0 Å². The molecule has 0 unspecified atom stereocenters. The Balaban J connectivity index is 3.23. The summed E-state index contributed by atoms with van der Waals surface area (Å²) in [6.07, 6.45) is -4.58. The average molecular weight is 297 g/mol. The van der Waals surface area contributed by atoms with E-state index >= 15 is 0 Å². The van der Waals surface area contributed by atoms with Crippen LogP contribution in [0.3, 0.4) is 0 Å². The molecule has 0 saturated carbocycles. The van der Waals surface area contributed by atoms with Gasteiger partial charge in [-0.05, 0) is 25.1 Å². The van der Waals surface area contributed by atoms with Crippen molar-refractivity contribution in [1.82, 2.24) is 0 Å². The van der Waals surface area contributed by atoms with Gasteiger partial charge >= 0.3 is 12.1 Å². The third-order valence-electron chi connectivity index (χ3n) is 1.78. The second-order valence-electron chi connectivity index (χ2n) is 2.91. The summed E-state index contributed by atoms with van der Waals surface area (Å²) in [4.78, 5) is 11.3. The maximum Gasteiger partial charge on any atom is 0.417 e. The molecule has 0 radical (unpaired) electrons. The van der Waals surface area contributed by atoms with Crippen LogP contribution in [0.5, 0.6) is 0 Å². The zero-order valence-electron chi connectivity index (χ0n) is 8.27. The molecule has 0 heterocycles. The summed E-state index contributed by atoms with van der Waals surface area (Å²) in [7, 11) is 0. The zero-order chi connectivity index (χ0) is 12.3. The lowest BCUT2D eigenvalue weighted by Crippen LogP contribution is -2.15. The van der Waals surface area contributed by atoms with E-state index in [0.717, 1.165) is 12.1 Å². The first-order valence-corrected chi connectivity index (χ1v) is 5.19. The summed E-state index contributed by atoms with van der Waals surface area (Å²) in [5, 5.41) is 0. The summed E-state index contributed by atoms with van der Waals surface area (Å²) in [5.74, 6) is -0.970. The van der Waals surface area contributed by atoms with Crippen molar-refractivity contribution in [2.24, 2.45) is 0 Å². The van der Waals surface area contributed by atoms with E-state index in [1.54, 1.807) is 0 Å². The number of hydrogen-bond donors (Lipinski definition) is 0. The highest BCUT2D eigenvalue weighted by atomic mass is 79.9. The maximum atomic E-state index is 12.6. The summed E-state index contributed by atoms with van der Waals surface area (Å²) < 4.78 is 42.6. The number of carbonyl (C=O) groups is 1. The first-order chi connectivity index (χ1) is 7.36. The number of carbonyl (C=O) groups excluding carboxylic acids is 1. The van der Waals surface area contributed by atoms with Crippen LogP contribution >= 0.6 is 15.9 Å². The summed E-state index contributed by atoms with van der Waals surface area (Å²) in [5.41, 5.74) is -1.47. The quantitative estimate of drug-likeness (QED) is 0.779. The first kappa shape index (κ1) is 13.0. The standard InChI is InChI=1S/C10H8BrF3O2/c1-2-16-9(15)7-4-3-6(11)5-8(7)10(12,13)14/h3-5H,2H2,1H3. The van der Waals surface area contributed by atoms with Gasteiger partial charge in [0.1, 0.15) is 0 Å². The Hall–Kier alpha value is -1.04. The molecule has 0 aliphatic rings. The fourth-order valence-electron chi connectivity index (χ4n) is 1.14. The lowest BCUT2D eigenvalue weighted by atomic mass is 10.1. The third kappa shape index (κ3) is 2.98. The molecular formula is C10H8BrF3O2. The van der Waals surface area contributed by atoms with Crippen molar-refractivity contribution in [1.29, 1.82) is 0 Å². The van der Waals surface area contributed by atoms with E-state index in [0.29, 0.717) is 0 Å². The minimum atomic E-state index is -4.58. The fourth-order valence-corrected chi connectivity index (χ4v) is 1.50. The van der Waals surface area contributed by atoms with Crippen molar-refractivity contribution in [3.63, 3.8) is 0 Å². The molecule has 1 rings (SSSR count). The molecule has 2 nitrogen and oxygen atoms in total. The number of halogens is 4. The molecule has 1 aromatic rings. The van der Waals surface area contributed by atoms with Crippen LogP contribution in [0.15, 0.2) is 22.7 Å². The Labute approximate surface area is 98.5 Å². The van der Waals surface area contributed by atoms with Crippen LogP contribution in [-0.2, 0) is 10.9 Å². The third-order valence-corrected chi connectivity index (χ3v) is 2.28. The lowest BCUT2D eigenvalue weighted by molar-refractivity contribution is -0.138. The van der Waals surface area contributed by atoms with Crippen molar-refractivity contribution in [3.8, 4) is 0 Å². The smallest absolute Gasteiger partial charge is 0.417 e. The second-order valence-corrected chi connectivity index (χ2v) is 3.82. The molecular weight excluding hydrogens is 289 g/mol. The summed E-state index contributed by atoms with van der Waals surface area (Å²) in [6.45, 7) is 1.57. The van der Waals surface area contributed by atoms with Crippen molar-refractivity contribution in [3.05, 3.63) is 33.8 Å². The predicted molar refractivity (Wildman–Crippen MR) is 55.1 cm³/mol. The Morgan fingerprint density at radius 3 is 2.56 bits per heavy atom. The van der Waals surface area contributed by atoms with Gasteiger partial charge in [-0.2, -0.15) is 13.2 Å². The highest BCUT2D eigenvalue weighted by Crippen LogP contribution is 2.34. The number of alkyl halides is 3. The summed E-state index contributed by atoms with van der Waals surface area (Å²) >= 11 is 2.92. The highest BCUT2D eigenvalue weighted by Gasteiger charge is 2.35. The number of hydrogen-bond acceptors (Lipinski definition) is 2. The van der Waals surface area contributed by atoms with Gasteiger partial charge in [-0.3, -0.25) is 0 Å². The molecule has 1 aromatic carbocycles. The molecule has 0 amide bonds. The van der Waals surface area contributed by atoms with Gasteiger partial charge in [-0.15, -0.1) is 0 Å². The van der Waals surface area contributed by atoms with Gasteiger partial charge < -0.3 is 4.74 Å². The monoisotopic (exact) mass is 296 g/mol. The minimum Gasteiger partial charge on any atom is -0.462 e. The highest BCUT2D eigenvalue weighted by molar-refractivity contribution is 9.10. The number of rotatable bonds is 2. The Kier molecular flexibility index (Phi) is 3.96. The molecule has 88 valence electrons. The Morgan fingerprint density at radius 2 is 2.06 bits per heavy atom. The first-order valence-electron chi connectivity index (χ1n) is 4.40. The second kappa shape index (κ2) is 4.86. The number of ether oxygens (including phenoxy) is 1. The molecule has 0 aliphatic carbocycles. The molecule has 0 N–H and O–H groups in total. The van der Waals surface area contributed by atoms with E-state index < -0.39 is 23.3 Å². The van der Waals surface area contributed by atoms with Crippen LogP contribution in [0.2, 0.25) is 0 Å². The Bertz CT molecular complexity index is 402. The van der Waals surface area contributed by atoms with Crippen LogP contribution in [0, 0.1) is 0 Å². The van der Waals surface area contributed by atoms with E-state index in [9.17, 15) is 18.0 Å². The molecule has 16 heavy (non-hydrogen) atoms. The van der Waals surface area contributed by atoms with Gasteiger partial charge in [0.25, 0.3) is 0 Å². The van der Waals surface area contributed by atoms with Gasteiger partial charge in [0.2, 0.25) is 0 Å². The average Bonchev–Trinajstić information content (AvgIpc) is 2.16. The van der Waals surface area contributed by atoms with E-state index in [-0.39, 0.29) is 11.1 Å². The molecule has 0 atom stereocenters. The molecule has 6 heteroatoms. The maximum absolute atomic E-state index is 12.6. The van der Waals surface area contributed by atoms with Crippen molar-refractivity contribution in [2.75, 3.05) is 6.61 Å². The Morgan fingerprint density at radius 1 is 1.44 bits per heavy atom. The number of esters is 1. The normalized spacial score (nSPS) is 11.3. The van der Waals surface area contributed by atoms with Crippen molar-refractivity contribution >= 4 is 21.9 Å². The summed E-state index contributed by atoms with van der Waals surface area (Å²) in [6, 6.07) is 3.30. The molecule has 0 aliphatic heterocycles.